The van der Waals surface area contributed by atoms with Gasteiger partial charge in [-0.1, -0.05) is 23.4 Å². The molecule has 0 atom stereocenters. The minimum atomic E-state index is 0.328. The molecule has 1 fully saturated rings. The number of benzene rings is 1. The summed E-state index contributed by atoms with van der Waals surface area (Å²) in [7, 11) is 0. The molecule has 0 saturated carbocycles. The fourth-order valence-corrected chi connectivity index (χ4v) is 2.33. The van der Waals surface area contributed by atoms with Crippen molar-refractivity contribution in [1.82, 2.24) is 20.4 Å². The third-order valence-electron chi connectivity index (χ3n) is 3.41. The van der Waals surface area contributed by atoms with Crippen LogP contribution in [0.4, 0.5) is 0 Å². The third-order valence-corrected chi connectivity index (χ3v) is 3.41. The molecule has 1 aliphatic rings. The lowest BCUT2D eigenvalue weighted by Crippen LogP contribution is -2.27. The summed E-state index contributed by atoms with van der Waals surface area (Å²) in [5, 5.41) is 7.35. The number of hydrogen-bond donors (Lipinski definition) is 1. The molecule has 1 N–H and O–H groups in total. The van der Waals surface area contributed by atoms with Gasteiger partial charge in [-0.05, 0) is 31.6 Å². The van der Waals surface area contributed by atoms with Crippen LogP contribution >= 0.6 is 0 Å². The first-order chi connectivity index (χ1) is 10.4. The molecule has 6 nitrogen and oxygen atoms in total. The molecule has 0 bridgehead atoms. The average molecular weight is 288 g/mol. The van der Waals surface area contributed by atoms with Crippen LogP contribution in [0.25, 0.3) is 0 Å². The van der Waals surface area contributed by atoms with Crippen molar-refractivity contribution in [2.45, 2.75) is 19.6 Å². The average Bonchev–Trinajstić information content (AvgIpc) is 2.80. The van der Waals surface area contributed by atoms with E-state index in [2.05, 4.69) is 20.4 Å². The maximum Gasteiger partial charge on any atom is 0.240 e. The number of nitrogens with one attached hydrogen (secondary N) is 1. The number of para-hydroxylation sites is 1. The first kappa shape index (κ1) is 14.0. The van der Waals surface area contributed by atoms with Crippen molar-refractivity contribution in [1.29, 1.82) is 0 Å². The maximum atomic E-state index is 5.61. The molecule has 0 unspecified atom stereocenters. The molecule has 21 heavy (non-hydrogen) atoms. The summed E-state index contributed by atoms with van der Waals surface area (Å²) in [6, 6.07) is 9.64. The van der Waals surface area contributed by atoms with Crippen molar-refractivity contribution < 1.29 is 9.26 Å². The second-order valence-electron chi connectivity index (χ2n) is 5.09. The van der Waals surface area contributed by atoms with Crippen molar-refractivity contribution >= 4 is 0 Å². The smallest absolute Gasteiger partial charge is 0.240 e. The fraction of sp³-hybridized carbons (Fsp3) is 0.467. The number of nitrogens with zero attached hydrogens (tertiary/aromatic N) is 3. The van der Waals surface area contributed by atoms with E-state index in [-0.39, 0.29) is 0 Å². The maximum absolute atomic E-state index is 5.61. The Labute approximate surface area is 124 Å². The molecule has 3 rings (SSSR count). The van der Waals surface area contributed by atoms with Crippen LogP contribution in [0.2, 0.25) is 0 Å². The molecule has 0 aliphatic carbocycles. The largest absolute Gasteiger partial charge is 0.485 e. The zero-order valence-corrected chi connectivity index (χ0v) is 12.0. The van der Waals surface area contributed by atoms with Crippen LogP contribution in [0.5, 0.6) is 5.75 Å². The number of aromatic nitrogens is 2. The highest BCUT2D eigenvalue weighted by atomic mass is 16.5. The summed E-state index contributed by atoms with van der Waals surface area (Å²) in [6.07, 6.45) is 1.15. The van der Waals surface area contributed by atoms with Gasteiger partial charge < -0.3 is 14.6 Å². The van der Waals surface area contributed by atoms with Crippen molar-refractivity contribution in [3.8, 4) is 5.75 Å². The summed E-state index contributed by atoms with van der Waals surface area (Å²) < 4.78 is 10.9. The van der Waals surface area contributed by atoms with Crippen molar-refractivity contribution in [3.05, 3.63) is 42.0 Å². The van der Waals surface area contributed by atoms with Crippen LogP contribution in [-0.4, -0.2) is 41.2 Å². The SMILES string of the molecule is c1ccc(OCc2noc(CN3CCCNCC3)n2)cc1. The van der Waals surface area contributed by atoms with Crippen LogP contribution in [0, 0.1) is 0 Å². The van der Waals surface area contributed by atoms with Gasteiger partial charge in [-0.15, -0.1) is 0 Å². The van der Waals surface area contributed by atoms with E-state index in [9.17, 15) is 0 Å². The molecule has 1 saturated heterocycles. The van der Waals surface area contributed by atoms with Crippen LogP contribution in [-0.2, 0) is 13.2 Å². The van der Waals surface area contributed by atoms with Gasteiger partial charge in [-0.3, -0.25) is 4.90 Å². The molecule has 2 heterocycles. The van der Waals surface area contributed by atoms with Crippen LogP contribution in [0.1, 0.15) is 18.1 Å². The van der Waals surface area contributed by atoms with E-state index in [1.165, 1.54) is 0 Å². The summed E-state index contributed by atoms with van der Waals surface area (Å²) >= 11 is 0. The molecular weight excluding hydrogens is 268 g/mol. The van der Waals surface area contributed by atoms with Gasteiger partial charge in [0.1, 0.15) is 5.75 Å². The van der Waals surface area contributed by atoms with E-state index < -0.39 is 0 Å². The van der Waals surface area contributed by atoms with E-state index in [4.69, 9.17) is 9.26 Å². The van der Waals surface area contributed by atoms with Gasteiger partial charge >= 0.3 is 0 Å². The Morgan fingerprint density at radius 1 is 1.19 bits per heavy atom. The Morgan fingerprint density at radius 2 is 2.10 bits per heavy atom. The highest BCUT2D eigenvalue weighted by Gasteiger charge is 2.13. The van der Waals surface area contributed by atoms with E-state index in [1.54, 1.807) is 0 Å². The van der Waals surface area contributed by atoms with Crippen LogP contribution in [0.3, 0.4) is 0 Å². The summed E-state index contributed by atoms with van der Waals surface area (Å²) in [4.78, 5) is 6.71. The molecule has 2 aromatic rings. The number of hydrogen-bond acceptors (Lipinski definition) is 6. The van der Waals surface area contributed by atoms with Crippen molar-refractivity contribution in [2.75, 3.05) is 26.2 Å². The molecule has 0 spiro atoms. The highest BCUT2D eigenvalue weighted by molar-refractivity contribution is 5.20. The second kappa shape index (κ2) is 7.19. The summed E-state index contributed by atoms with van der Waals surface area (Å²) in [6.45, 7) is 5.20. The Morgan fingerprint density at radius 3 is 3.00 bits per heavy atom. The van der Waals surface area contributed by atoms with Gasteiger partial charge in [-0.25, -0.2) is 0 Å². The fourth-order valence-electron chi connectivity index (χ4n) is 2.33. The molecule has 1 aromatic heterocycles. The van der Waals surface area contributed by atoms with Gasteiger partial charge in [0.2, 0.25) is 11.7 Å². The molecule has 1 aromatic carbocycles. The summed E-state index contributed by atoms with van der Waals surface area (Å²) in [5.41, 5.74) is 0. The standard InChI is InChI=1S/C15H20N4O2/c1-2-5-13(6-3-1)20-12-14-17-15(21-18-14)11-19-9-4-7-16-8-10-19/h1-3,5-6,16H,4,7-12H2. The lowest BCUT2D eigenvalue weighted by molar-refractivity contribution is 0.237. The third kappa shape index (κ3) is 4.27. The van der Waals surface area contributed by atoms with Crippen LogP contribution in [0.15, 0.2) is 34.9 Å². The lowest BCUT2D eigenvalue weighted by Gasteiger charge is -2.16. The van der Waals surface area contributed by atoms with Gasteiger partial charge in [0.05, 0.1) is 6.54 Å². The van der Waals surface area contributed by atoms with E-state index in [1.807, 2.05) is 30.3 Å². The monoisotopic (exact) mass is 288 g/mol. The first-order valence-corrected chi connectivity index (χ1v) is 7.32. The van der Waals surface area contributed by atoms with Gasteiger partial charge in [0, 0.05) is 13.1 Å². The zero-order valence-electron chi connectivity index (χ0n) is 12.0. The quantitative estimate of drug-likeness (QED) is 0.898. The molecule has 1 aliphatic heterocycles. The minimum Gasteiger partial charge on any atom is -0.485 e. The zero-order chi connectivity index (χ0) is 14.3. The van der Waals surface area contributed by atoms with E-state index in [0.29, 0.717) is 24.9 Å². The molecule has 0 radical (unpaired) electrons. The Hall–Kier alpha value is -1.92. The van der Waals surface area contributed by atoms with Crippen LogP contribution < -0.4 is 10.1 Å². The summed E-state index contributed by atoms with van der Waals surface area (Å²) in [5.74, 6) is 2.05. The van der Waals surface area contributed by atoms with Crippen molar-refractivity contribution in [2.24, 2.45) is 0 Å². The molecule has 112 valence electrons. The van der Waals surface area contributed by atoms with Crippen molar-refractivity contribution in [3.63, 3.8) is 0 Å². The lowest BCUT2D eigenvalue weighted by atomic mass is 10.3. The predicted octanol–water partition coefficient (Wildman–Crippen LogP) is 1.44. The first-order valence-electron chi connectivity index (χ1n) is 7.32. The van der Waals surface area contributed by atoms with Gasteiger partial charge in [-0.2, -0.15) is 4.98 Å². The Bertz CT molecular complexity index is 536. The number of rotatable bonds is 5. The molecule has 6 heteroatoms. The van der Waals surface area contributed by atoms with E-state index >= 15 is 0 Å². The number of ether oxygens (including phenoxy) is 1. The predicted molar refractivity (Wildman–Crippen MR) is 77.8 cm³/mol. The Balaban J connectivity index is 1.51. The molecular formula is C15H20N4O2. The van der Waals surface area contributed by atoms with Gasteiger partial charge in [0.25, 0.3) is 0 Å². The normalized spacial score (nSPS) is 16.6. The topological polar surface area (TPSA) is 63.4 Å². The van der Waals surface area contributed by atoms with Gasteiger partial charge in [0.15, 0.2) is 6.61 Å². The second-order valence-corrected chi connectivity index (χ2v) is 5.09. The highest BCUT2D eigenvalue weighted by Crippen LogP contribution is 2.11. The molecule has 0 amide bonds. The Kier molecular flexibility index (Phi) is 4.81. The minimum absolute atomic E-state index is 0.328. The van der Waals surface area contributed by atoms with E-state index in [0.717, 1.165) is 38.3 Å².